The van der Waals surface area contributed by atoms with Gasteiger partial charge < -0.3 is 15.3 Å². The van der Waals surface area contributed by atoms with E-state index < -0.39 is 0 Å². The highest BCUT2D eigenvalue weighted by atomic mass is 16.3. The van der Waals surface area contributed by atoms with E-state index in [-0.39, 0.29) is 28.6 Å². The van der Waals surface area contributed by atoms with Crippen LogP contribution in [0.2, 0.25) is 0 Å². The lowest BCUT2D eigenvalue weighted by Gasteiger charge is -2.18. The van der Waals surface area contributed by atoms with Crippen LogP contribution in [0.15, 0.2) is 36.4 Å². The highest BCUT2D eigenvalue weighted by molar-refractivity contribution is 6.13. The Kier molecular flexibility index (Phi) is 2.94. The fraction of sp³-hybridized carbons (Fsp3) is 0.118. The number of benzene rings is 2. The molecule has 0 fully saturated rings. The average molecular weight is 282 g/mol. The first-order valence-corrected chi connectivity index (χ1v) is 6.55. The first-order chi connectivity index (χ1) is 9.95. The van der Waals surface area contributed by atoms with Crippen molar-refractivity contribution in [2.24, 2.45) is 0 Å². The van der Waals surface area contributed by atoms with Crippen molar-refractivity contribution in [3.8, 4) is 17.2 Å². The summed E-state index contributed by atoms with van der Waals surface area (Å²) in [6.07, 6.45) is 1.93. The van der Waals surface area contributed by atoms with E-state index in [1.807, 2.05) is 6.07 Å². The second-order valence-corrected chi connectivity index (χ2v) is 5.21. The number of ketones is 1. The molecule has 1 aliphatic carbocycles. The summed E-state index contributed by atoms with van der Waals surface area (Å²) < 4.78 is 0. The number of fused-ring (bicyclic) bond motifs is 1. The van der Waals surface area contributed by atoms with Crippen LogP contribution < -0.4 is 0 Å². The van der Waals surface area contributed by atoms with Gasteiger partial charge in [0, 0.05) is 6.07 Å². The zero-order chi connectivity index (χ0) is 15.1. The van der Waals surface area contributed by atoms with Gasteiger partial charge in [-0.2, -0.15) is 0 Å². The topological polar surface area (TPSA) is 77.8 Å². The summed E-state index contributed by atoms with van der Waals surface area (Å²) in [6, 6.07) is 7.80. The Morgan fingerprint density at radius 2 is 1.76 bits per heavy atom. The van der Waals surface area contributed by atoms with Gasteiger partial charge in [0.1, 0.15) is 17.2 Å². The van der Waals surface area contributed by atoms with Crippen LogP contribution >= 0.6 is 0 Å². The molecule has 3 rings (SSSR count). The molecule has 0 unspecified atom stereocenters. The van der Waals surface area contributed by atoms with Gasteiger partial charge in [-0.3, -0.25) is 4.79 Å². The SMILES string of the molecule is Cc1cc(C2=CC(=O)c3c(O)cc(O)cc3C2)ccc1O. The van der Waals surface area contributed by atoms with Crippen LogP contribution in [0, 0.1) is 6.92 Å². The van der Waals surface area contributed by atoms with E-state index in [9.17, 15) is 20.1 Å². The van der Waals surface area contributed by atoms with Gasteiger partial charge in [0.15, 0.2) is 5.78 Å². The molecule has 4 heteroatoms. The third-order valence-electron chi connectivity index (χ3n) is 3.68. The van der Waals surface area contributed by atoms with E-state index in [1.165, 1.54) is 18.2 Å². The second-order valence-electron chi connectivity index (χ2n) is 5.21. The molecule has 106 valence electrons. The summed E-state index contributed by atoms with van der Waals surface area (Å²) in [5, 5.41) is 28.9. The highest BCUT2D eigenvalue weighted by Crippen LogP contribution is 2.35. The molecule has 0 aliphatic heterocycles. The minimum absolute atomic E-state index is 0.0674. The summed E-state index contributed by atoms with van der Waals surface area (Å²) in [6.45, 7) is 1.79. The van der Waals surface area contributed by atoms with E-state index in [0.717, 1.165) is 16.7 Å². The molecule has 0 aromatic heterocycles. The van der Waals surface area contributed by atoms with E-state index >= 15 is 0 Å². The lowest BCUT2D eigenvalue weighted by Crippen LogP contribution is -2.09. The third kappa shape index (κ3) is 2.25. The molecular formula is C17H14O4. The van der Waals surface area contributed by atoms with Crippen molar-refractivity contribution in [2.75, 3.05) is 0 Å². The second kappa shape index (κ2) is 4.66. The highest BCUT2D eigenvalue weighted by Gasteiger charge is 2.23. The summed E-state index contributed by atoms with van der Waals surface area (Å²) in [4.78, 5) is 12.2. The first kappa shape index (κ1) is 13.2. The number of carbonyl (C=O) groups is 1. The van der Waals surface area contributed by atoms with Crippen molar-refractivity contribution in [3.05, 3.63) is 58.7 Å². The Balaban J connectivity index is 2.08. The molecule has 0 amide bonds. The molecule has 0 saturated heterocycles. The Bertz CT molecular complexity index is 788. The number of phenolic OH excluding ortho intramolecular Hbond substituents is 3. The quantitative estimate of drug-likeness (QED) is 0.751. The Morgan fingerprint density at radius 1 is 1.00 bits per heavy atom. The molecule has 2 aromatic carbocycles. The molecule has 0 spiro atoms. The van der Waals surface area contributed by atoms with Gasteiger partial charge in [-0.25, -0.2) is 0 Å². The van der Waals surface area contributed by atoms with Crippen LogP contribution in [0.5, 0.6) is 17.2 Å². The third-order valence-corrected chi connectivity index (χ3v) is 3.68. The minimum atomic E-state index is -0.283. The predicted molar refractivity (Wildman–Crippen MR) is 78.6 cm³/mol. The van der Waals surface area contributed by atoms with Gasteiger partial charge in [-0.15, -0.1) is 0 Å². The van der Waals surface area contributed by atoms with Crippen LogP contribution in [-0.4, -0.2) is 21.1 Å². The molecule has 1 aliphatic rings. The number of aryl methyl sites for hydroxylation is 1. The monoisotopic (exact) mass is 282 g/mol. The van der Waals surface area contributed by atoms with Crippen molar-refractivity contribution in [2.45, 2.75) is 13.3 Å². The number of rotatable bonds is 1. The Hall–Kier alpha value is -2.75. The van der Waals surface area contributed by atoms with Crippen molar-refractivity contribution in [3.63, 3.8) is 0 Å². The Morgan fingerprint density at radius 3 is 2.48 bits per heavy atom. The number of allylic oxidation sites excluding steroid dienone is 2. The Labute approximate surface area is 121 Å². The van der Waals surface area contributed by atoms with Gasteiger partial charge in [-0.05, 0) is 59.9 Å². The summed E-state index contributed by atoms with van der Waals surface area (Å²) in [5.41, 5.74) is 3.20. The van der Waals surface area contributed by atoms with Gasteiger partial charge in [-0.1, -0.05) is 6.07 Å². The van der Waals surface area contributed by atoms with Crippen LogP contribution in [0.3, 0.4) is 0 Å². The number of carbonyl (C=O) groups excluding carboxylic acids is 1. The van der Waals surface area contributed by atoms with Crippen molar-refractivity contribution >= 4 is 11.4 Å². The number of hydrogen-bond donors (Lipinski definition) is 3. The molecule has 4 nitrogen and oxygen atoms in total. The summed E-state index contributed by atoms with van der Waals surface area (Å²) >= 11 is 0. The molecule has 0 heterocycles. The largest absolute Gasteiger partial charge is 0.508 e. The fourth-order valence-electron chi connectivity index (χ4n) is 2.62. The lowest BCUT2D eigenvalue weighted by molar-refractivity contribution is 0.104. The lowest BCUT2D eigenvalue weighted by atomic mass is 9.86. The molecule has 0 saturated carbocycles. The van der Waals surface area contributed by atoms with Crippen molar-refractivity contribution in [1.29, 1.82) is 0 Å². The zero-order valence-corrected chi connectivity index (χ0v) is 11.4. The van der Waals surface area contributed by atoms with Gasteiger partial charge in [0.25, 0.3) is 0 Å². The van der Waals surface area contributed by atoms with Crippen molar-refractivity contribution < 1.29 is 20.1 Å². The van der Waals surface area contributed by atoms with Crippen LogP contribution in [0.25, 0.3) is 5.57 Å². The maximum Gasteiger partial charge on any atom is 0.190 e. The van der Waals surface area contributed by atoms with E-state index in [1.54, 1.807) is 19.1 Å². The normalized spacial score (nSPS) is 13.8. The standard InChI is InChI=1S/C17H14O4/c1-9-4-10(2-3-14(9)19)11-5-12-6-13(18)8-16(21)17(12)15(20)7-11/h2-4,6-8,18-19,21H,5H2,1H3. The number of phenols is 3. The maximum absolute atomic E-state index is 12.2. The molecule has 2 aromatic rings. The fourth-order valence-corrected chi connectivity index (χ4v) is 2.62. The average Bonchev–Trinajstić information content (AvgIpc) is 2.40. The molecule has 3 N–H and O–H groups in total. The molecular weight excluding hydrogens is 268 g/mol. The minimum Gasteiger partial charge on any atom is -0.508 e. The van der Waals surface area contributed by atoms with Gasteiger partial charge in [0.05, 0.1) is 5.56 Å². The summed E-state index contributed by atoms with van der Waals surface area (Å²) in [5.74, 6) is -0.346. The maximum atomic E-state index is 12.2. The summed E-state index contributed by atoms with van der Waals surface area (Å²) in [7, 11) is 0. The van der Waals surface area contributed by atoms with Crippen LogP contribution in [0.4, 0.5) is 0 Å². The smallest absolute Gasteiger partial charge is 0.190 e. The number of aromatic hydroxyl groups is 3. The van der Waals surface area contributed by atoms with Gasteiger partial charge >= 0.3 is 0 Å². The van der Waals surface area contributed by atoms with E-state index in [4.69, 9.17) is 0 Å². The first-order valence-electron chi connectivity index (χ1n) is 6.55. The van der Waals surface area contributed by atoms with Gasteiger partial charge in [0.2, 0.25) is 0 Å². The predicted octanol–water partition coefficient (Wildman–Crippen LogP) is 2.93. The number of hydrogen-bond acceptors (Lipinski definition) is 4. The van der Waals surface area contributed by atoms with Crippen LogP contribution in [0.1, 0.15) is 27.0 Å². The zero-order valence-electron chi connectivity index (χ0n) is 11.4. The molecule has 0 radical (unpaired) electrons. The van der Waals surface area contributed by atoms with Crippen molar-refractivity contribution in [1.82, 2.24) is 0 Å². The molecule has 21 heavy (non-hydrogen) atoms. The van der Waals surface area contributed by atoms with E-state index in [2.05, 4.69) is 0 Å². The molecule has 0 atom stereocenters. The molecule has 0 bridgehead atoms. The van der Waals surface area contributed by atoms with Crippen LogP contribution in [-0.2, 0) is 6.42 Å². The van der Waals surface area contributed by atoms with E-state index in [0.29, 0.717) is 12.0 Å².